The fourth-order valence-electron chi connectivity index (χ4n) is 2.70. The van der Waals surface area contributed by atoms with Crippen LogP contribution in [0, 0.1) is 5.82 Å². The Bertz CT molecular complexity index is 1070. The smallest absolute Gasteiger partial charge is 0.274 e. The number of halogens is 1. The van der Waals surface area contributed by atoms with Crippen LogP contribution in [0.15, 0.2) is 77.4 Å². The van der Waals surface area contributed by atoms with Crippen LogP contribution >= 0.6 is 0 Å². The third-order valence-electron chi connectivity index (χ3n) is 3.93. The van der Waals surface area contributed by atoms with E-state index in [1.165, 1.54) is 18.2 Å². The zero-order valence-corrected chi connectivity index (χ0v) is 14.2. The second kappa shape index (κ2) is 7.25. The Morgan fingerprint density at radius 1 is 1.07 bits per heavy atom. The summed E-state index contributed by atoms with van der Waals surface area (Å²) in [5.41, 5.74) is 1.87. The Morgan fingerprint density at radius 3 is 2.74 bits per heavy atom. The summed E-state index contributed by atoms with van der Waals surface area (Å²) < 4.78 is 20.3. The Kier molecular flexibility index (Phi) is 4.49. The number of benzene rings is 2. The minimum absolute atomic E-state index is 0.0297. The molecule has 0 bridgehead atoms. The summed E-state index contributed by atoms with van der Waals surface area (Å²) in [6, 6.07) is 18.8. The molecular formula is C20H15FN4O2. The summed E-state index contributed by atoms with van der Waals surface area (Å²) in [7, 11) is 0. The van der Waals surface area contributed by atoms with Gasteiger partial charge in [0, 0.05) is 17.4 Å². The third kappa shape index (κ3) is 3.77. The Labute approximate surface area is 154 Å². The molecule has 0 radical (unpaired) electrons. The average Bonchev–Trinajstić information content (AvgIpc) is 3.31. The molecule has 0 atom stereocenters. The molecule has 0 fully saturated rings. The summed E-state index contributed by atoms with van der Waals surface area (Å²) in [6.45, 7) is 0.0297. The van der Waals surface area contributed by atoms with Gasteiger partial charge in [0.2, 0.25) is 11.7 Å². The predicted molar refractivity (Wildman–Crippen MR) is 98.2 cm³/mol. The molecule has 2 aromatic carbocycles. The summed E-state index contributed by atoms with van der Waals surface area (Å²) in [4.78, 5) is 16.7. The van der Waals surface area contributed by atoms with E-state index in [4.69, 9.17) is 4.52 Å². The molecule has 2 heterocycles. The summed E-state index contributed by atoms with van der Waals surface area (Å²) in [5, 5.41) is 6.66. The van der Waals surface area contributed by atoms with Gasteiger partial charge in [-0.05, 0) is 30.3 Å². The number of aromatic nitrogens is 3. The monoisotopic (exact) mass is 362 g/mol. The van der Waals surface area contributed by atoms with Gasteiger partial charge in [-0.1, -0.05) is 41.6 Å². The first-order valence-electron chi connectivity index (χ1n) is 8.29. The molecule has 0 aliphatic heterocycles. The van der Waals surface area contributed by atoms with Gasteiger partial charge < -0.3 is 14.4 Å². The largest absolute Gasteiger partial charge is 0.334 e. The number of rotatable bonds is 5. The Balaban J connectivity index is 1.51. The van der Waals surface area contributed by atoms with Gasteiger partial charge in [-0.15, -0.1) is 0 Å². The lowest BCUT2D eigenvalue weighted by Gasteiger charge is -2.08. The molecule has 0 unspecified atom stereocenters. The molecule has 1 amide bonds. The maximum atomic E-state index is 13.2. The van der Waals surface area contributed by atoms with Crippen molar-refractivity contribution in [3.63, 3.8) is 0 Å². The SMILES string of the molecule is O=C(Cn1cccc1-c1nc(-c2ccccc2)no1)Nc1cccc(F)c1. The van der Waals surface area contributed by atoms with Gasteiger partial charge in [-0.3, -0.25) is 4.79 Å². The number of carbonyl (C=O) groups excluding carboxylic acids is 1. The fourth-order valence-corrected chi connectivity index (χ4v) is 2.70. The second-order valence-electron chi connectivity index (χ2n) is 5.87. The van der Waals surface area contributed by atoms with Gasteiger partial charge in [0.15, 0.2) is 0 Å². The van der Waals surface area contributed by atoms with Gasteiger partial charge in [0.05, 0.1) is 0 Å². The maximum absolute atomic E-state index is 13.2. The van der Waals surface area contributed by atoms with Crippen LogP contribution in [-0.4, -0.2) is 20.6 Å². The van der Waals surface area contributed by atoms with Crippen LogP contribution in [0.3, 0.4) is 0 Å². The molecule has 134 valence electrons. The van der Waals surface area contributed by atoms with Crippen molar-refractivity contribution in [3.05, 3.63) is 78.7 Å². The maximum Gasteiger partial charge on any atom is 0.274 e. The van der Waals surface area contributed by atoms with Crippen molar-refractivity contribution in [2.24, 2.45) is 0 Å². The Morgan fingerprint density at radius 2 is 1.93 bits per heavy atom. The van der Waals surface area contributed by atoms with E-state index >= 15 is 0 Å². The van der Waals surface area contributed by atoms with Crippen molar-refractivity contribution in [2.45, 2.75) is 6.54 Å². The highest BCUT2D eigenvalue weighted by atomic mass is 19.1. The number of nitrogens with one attached hydrogen (secondary N) is 1. The van der Waals surface area contributed by atoms with Crippen molar-refractivity contribution in [1.82, 2.24) is 14.7 Å². The summed E-state index contributed by atoms with van der Waals surface area (Å²) in [6.07, 6.45) is 1.74. The lowest BCUT2D eigenvalue weighted by Crippen LogP contribution is -2.18. The normalized spacial score (nSPS) is 10.7. The molecule has 0 spiro atoms. The van der Waals surface area contributed by atoms with Crippen molar-refractivity contribution in [1.29, 1.82) is 0 Å². The van der Waals surface area contributed by atoms with Gasteiger partial charge in [-0.2, -0.15) is 4.98 Å². The molecule has 0 saturated carbocycles. The molecule has 7 heteroatoms. The molecule has 0 aliphatic rings. The van der Waals surface area contributed by atoms with Gasteiger partial charge in [0.1, 0.15) is 18.1 Å². The quantitative estimate of drug-likeness (QED) is 0.583. The van der Waals surface area contributed by atoms with Crippen LogP contribution in [0.5, 0.6) is 0 Å². The first-order valence-corrected chi connectivity index (χ1v) is 8.29. The number of carbonyl (C=O) groups is 1. The molecule has 4 aromatic rings. The van der Waals surface area contributed by atoms with Crippen LogP contribution < -0.4 is 5.32 Å². The second-order valence-corrected chi connectivity index (χ2v) is 5.87. The molecule has 0 saturated heterocycles. The van der Waals surface area contributed by atoms with E-state index < -0.39 is 5.82 Å². The molecule has 4 rings (SSSR count). The first-order chi connectivity index (χ1) is 13.2. The molecule has 1 N–H and O–H groups in total. The minimum Gasteiger partial charge on any atom is -0.334 e. The molecule has 0 aliphatic carbocycles. The highest BCUT2D eigenvalue weighted by Crippen LogP contribution is 2.22. The number of anilines is 1. The molecular weight excluding hydrogens is 347 g/mol. The Hall–Kier alpha value is -3.74. The lowest BCUT2D eigenvalue weighted by molar-refractivity contribution is -0.116. The summed E-state index contributed by atoms with van der Waals surface area (Å²) in [5.74, 6) is 0.0922. The third-order valence-corrected chi connectivity index (χ3v) is 3.93. The number of amides is 1. The van der Waals surface area contributed by atoms with E-state index in [1.807, 2.05) is 30.3 Å². The van der Waals surface area contributed by atoms with Gasteiger partial charge in [-0.25, -0.2) is 4.39 Å². The average molecular weight is 362 g/mol. The fraction of sp³-hybridized carbons (Fsp3) is 0.0500. The van der Waals surface area contributed by atoms with E-state index in [-0.39, 0.29) is 12.5 Å². The zero-order chi connectivity index (χ0) is 18.6. The van der Waals surface area contributed by atoms with Crippen molar-refractivity contribution >= 4 is 11.6 Å². The lowest BCUT2D eigenvalue weighted by atomic mass is 10.2. The van der Waals surface area contributed by atoms with Gasteiger partial charge >= 0.3 is 0 Å². The summed E-state index contributed by atoms with van der Waals surface area (Å²) >= 11 is 0. The predicted octanol–water partition coefficient (Wildman–Crippen LogP) is 3.98. The van der Waals surface area contributed by atoms with Crippen LogP contribution in [0.1, 0.15) is 0 Å². The number of hydrogen-bond acceptors (Lipinski definition) is 4. The van der Waals surface area contributed by atoms with Crippen LogP contribution in [0.4, 0.5) is 10.1 Å². The van der Waals surface area contributed by atoms with Crippen molar-refractivity contribution in [3.8, 4) is 23.0 Å². The number of hydrogen-bond donors (Lipinski definition) is 1. The van der Waals surface area contributed by atoms with E-state index in [2.05, 4.69) is 15.5 Å². The van der Waals surface area contributed by atoms with E-state index in [9.17, 15) is 9.18 Å². The van der Waals surface area contributed by atoms with Crippen molar-refractivity contribution in [2.75, 3.05) is 5.32 Å². The highest BCUT2D eigenvalue weighted by Gasteiger charge is 2.15. The number of nitrogens with zero attached hydrogens (tertiary/aromatic N) is 3. The first kappa shape index (κ1) is 16.7. The van der Waals surface area contributed by atoms with E-state index in [0.29, 0.717) is 23.1 Å². The zero-order valence-electron chi connectivity index (χ0n) is 14.2. The van der Waals surface area contributed by atoms with Gasteiger partial charge in [0.25, 0.3) is 5.89 Å². The van der Waals surface area contributed by atoms with E-state index in [1.54, 1.807) is 29.0 Å². The van der Waals surface area contributed by atoms with Crippen molar-refractivity contribution < 1.29 is 13.7 Å². The molecule has 6 nitrogen and oxygen atoms in total. The minimum atomic E-state index is -0.409. The van der Waals surface area contributed by atoms with Crippen LogP contribution in [0.25, 0.3) is 23.0 Å². The molecule has 2 aromatic heterocycles. The van der Waals surface area contributed by atoms with Crippen LogP contribution in [-0.2, 0) is 11.3 Å². The highest BCUT2D eigenvalue weighted by molar-refractivity contribution is 5.90. The topological polar surface area (TPSA) is 73.0 Å². The standard InChI is InChI=1S/C20H15FN4O2/c21-15-8-4-9-16(12-15)22-18(26)13-25-11-5-10-17(25)20-23-19(24-27-20)14-6-2-1-3-7-14/h1-12H,13H2,(H,22,26). The van der Waals surface area contributed by atoms with E-state index in [0.717, 1.165) is 5.56 Å². The molecule has 27 heavy (non-hydrogen) atoms. The van der Waals surface area contributed by atoms with Crippen LogP contribution in [0.2, 0.25) is 0 Å².